The van der Waals surface area contributed by atoms with E-state index in [1.54, 1.807) is 0 Å². The van der Waals surface area contributed by atoms with Gasteiger partial charge in [-0.15, -0.1) is 0 Å². The largest absolute Gasteiger partial charge is 0.379 e. The van der Waals surface area contributed by atoms with Gasteiger partial charge in [0.25, 0.3) is 0 Å². The van der Waals surface area contributed by atoms with E-state index in [4.69, 9.17) is 42.6 Å². The second kappa shape index (κ2) is 15.7. The molecule has 10 atom stereocenters. The van der Waals surface area contributed by atoms with E-state index in [0.29, 0.717) is 33.0 Å². The van der Waals surface area contributed by atoms with Gasteiger partial charge in [-0.3, -0.25) is 0 Å². The maximum Gasteiger partial charge on any atom is 0.186 e. The predicted molar refractivity (Wildman–Crippen MR) is 144 cm³/mol. The van der Waals surface area contributed by atoms with Gasteiger partial charge in [-0.2, -0.15) is 0 Å². The van der Waals surface area contributed by atoms with E-state index in [9.17, 15) is 0 Å². The zero-order chi connectivity index (χ0) is 27.6. The SMILES string of the molecule is CCCCOC[C@H](OCCCC)[C@@H](O[C@H]1COC(c2ccccc2)O[C@H]1C)O[C@H](C)[C@H]1OC2O[C@@H](OCC)C21. The quantitative estimate of drug-likeness (QED) is 0.185. The highest BCUT2D eigenvalue weighted by Crippen LogP contribution is 2.46. The molecule has 3 heterocycles. The van der Waals surface area contributed by atoms with Crippen LogP contribution in [0, 0.1) is 5.92 Å². The summed E-state index contributed by atoms with van der Waals surface area (Å²) in [5, 5.41) is 0. The number of unbranched alkanes of at least 4 members (excludes halogenated alkanes) is 2. The van der Waals surface area contributed by atoms with Gasteiger partial charge in [0, 0.05) is 25.4 Å². The van der Waals surface area contributed by atoms with Crippen LogP contribution in [0.15, 0.2) is 30.3 Å². The number of hydrogen-bond donors (Lipinski definition) is 0. The van der Waals surface area contributed by atoms with E-state index in [1.807, 2.05) is 51.1 Å². The highest BCUT2D eigenvalue weighted by atomic mass is 16.8. The molecule has 0 spiro atoms. The third kappa shape index (κ3) is 8.21. The second-order valence-corrected chi connectivity index (χ2v) is 10.5. The molecule has 1 aromatic rings. The molecule has 9 heteroatoms. The molecule has 3 aliphatic rings. The first-order chi connectivity index (χ1) is 19.0. The maximum atomic E-state index is 6.59. The highest BCUT2D eigenvalue weighted by Gasteiger charge is 2.60. The van der Waals surface area contributed by atoms with Gasteiger partial charge in [-0.25, -0.2) is 0 Å². The Bertz CT molecular complexity index is 809. The van der Waals surface area contributed by atoms with Crippen molar-refractivity contribution in [3.8, 4) is 0 Å². The van der Waals surface area contributed by atoms with Crippen LogP contribution in [0.2, 0.25) is 0 Å². The fourth-order valence-corrected chi connectivity index (χ4v) is 4.95. The summed E-state index contributed by atoms with van der Waals surface area (Å²) in [5.41, 5.74) is 0.984. The van der Waals surface area contributed by atoms with Gasteiger partial charge in [0.1, 0.15) is 12.2 Å². The summed E-state index contributed by atoms with van der Waals surface area (Å²) in [6, 6.07) is 9.94. The third-order valence-electron chi connectivity index (χ3n) is 7.42. The molecule has 0 bridgehead atoms. The van der Waals surface area contributed by atoms with Crippen molar-refractivity contribution in [2.75, 3.05) is 33.0 Å². The zero-order valence-corrected chi connectivity index (χ0v) is 24.2. The summed E-state index contributed by atoms with van der Waals surface area (Å²) >= 11 is 0. The Balaban J connectivity index is 1.42. The van der Waals surface area contributed by atoms with Crippen LogP contribution in [0.5, 0.6) is 0 Å². The first kappa shape index (κ1) is 30.8. The molecular weight excluding hydrogens is 504 g/mol. The molecule has 3 unspecified atom stereocenters. The molecular formula is C30H48O9. The van der Waals surface area contributed by atoms with Crippen molar-refractivity contribution in [1.82, 2.24) is 0 Å². The van der Waals surface area contributed by atoms with E-state index in [1.165, 1.54) is 0 Å². The molecule has 222 valence electrons. The molecule has 0 aliphatic carbocycles. The average Bonchev–Trinajstić information content (AvgIpc) is 2.93. The van der Waals surface area contributed by atoms with Crippen LogP contribution >= 0.6 is 0 Å². The number of rotatable bonds is 18. The van der Waals surface area contributed by atoms with E-state index in [0.717, 1.165) is 31.2 Å². The van der Waals surface area contributed by atoms with E-state index < -0.39 is 18.7 Å². The van der Waals surface area contributed by atoms with Crippen molar-refractivity contribution < 1.29 is 42.6 Å². The summed E-state index contributed by atoms with van der Waals surface area (Å²) in [6.07, 6.45) is 1.05. The lowest BCUT2D eigenvalue weighted by Gasteiger charge is -2.57. The molecule has 3 fully saturated rings. The predicted octanol–water partition coefficient (Wildman–Crippen LogP) is 4.97. The van der Waals surface area contributed by atoms with Gasteiger partial charge in [-0.1, -0.05) is 57.0 Å². The van der Waals surface area contributed by atoms with Crippen molar-refractivity contribution in [3.05, 3.63) is 35.9 Å². The number of fused-ring (bicyclic) bond motifs is 1. The molecule has 0 aromatic heterocycles. The van der Waals surface area contributed by atoms with Crippen LogP contribution in [0.1, 0.15) is 72.2 Å². The van der Waals surface area contributed by atoms with Crippen LogP contribution in [-0.2, 0) is 42.6 Å². The monoisotopic (exact) mass is 552 g/mol. The molecule has 0 N–H and O–H groups in total. The molecule has 1 aromatic carbocycles. The van der Waals surface area contributed by atoms with Gasteiger partial charge >= 0.3 is 0 Å². The molecule has 0 saturated carbocycles. The summed E-state index contributed by atoms with van der Waals surface area (Å²) in [6.45, 7) is 12.9. The van der Waals surface area contributed by atoms with Crippen LogP contribution in [0.4, 0.5) is 0 Å². The zero-order valence-electron chi connectivity index (χ0n) is 24.2. The van der Waals surface area contributed by atoms with Crippen molar-refractivity contribution >= 4 is 0 Å². The Morgan fingerprint density at radius 3 is 2.44 bits per heavy atom. The summed E-state index contributed by atoms with van der Waals surface area (Å²) in [7, 11) is 0. The van der Waals surface area contributed by atoms with Crippen molar-refractivity contribution in [1.29, 1.82) is 0 Å². The molecule has 3 saturated heterocycles. The molecule has 39 heavy (non-hydrogen) atoms. The molecule has 9 nitrogen and oxygen atoms in total. The third-order valence-corrected chi connectivity index (χ3v) is 7.42. The molecule has 3 aliphatic heterocycles. The fraction of sp³-hybridized carbons (Fsp3) is 0.800. The maximum absolute atomic E-state index is 6.59. The van der Waals surface area contributed by atoms with Crippen LogP contribution in [0.25, 0.3) is 0 Å². The van der Waals surface area contributed by atoms with Gasteiger partial charge in [-0.05, 0) is 33.6 Å². The normalized spacial score (nSPS) is 32.5. The first-order valence-electron chi connectivity index (χ1n) is 14.8. The molecule has 0 amide bonds. The minimum Gasteiger partial charge on any atom is -0.379 e. The Hall–Kier alpha value is -1.14. The summed E-state index contributed by atoms with van der Waals surface area (Å²) in [5.74, 6) is 0.146. The van der Waals surface area contributed by atoms with E-state index >= 15 is 0 Å². The minimum absolute atomic E-state index is 0.146. The van der Waals surface area contributed by atoms with Gasteiger partial charge < -0.3 is 42.6 Å². The van der Waals surface area contributed by atoms with E-state index in [-0.39, 0.29) is 42.9 Å². The first-order valence-corrected chi connectivity index (χ1v) is 14.8. The average molecular weight is 553 g/mol. The topological polar surface area (TPSA) is 83.1 Å². The fourth-order valence-electron chi connectivity index (χ4n) is 4.95. The Kier molecular flexibility index (Phi) is 12.4. The lowest BCUT2D eigenvalue weighted by molar-refractivity contribution is -0.481. The van der Waals surface area contributed by atoms with Crippen molar-refractivity contribution in [2.24, 2.45) is 5.92 Å². The Morgan fingerprint density at radius 1 is 0.974 bits per heavy atom. The smallest absolute Gasteiger partial charge is 0.186 e. The van der Waals surface area contributed by atoms with Crippen LogP contribution in [0.3, 0.4) is 0 Å². The second-order valence-electron chi connectivity index (χ2n) is 10.5. The molecule has 0 radical (unpaired) electrons. The van der Waals surface area contributed by atoms with Crippen LogP contribution in [-0.4, -0.2) is 82.4 Å². The number of hydrogen-bond acceptors (Lipinski definition) is 9. The lowest BCUT2D eigenvalue weighted by atomic mass is 9.87. The van der Waals surface area contributed by atoms with Gasteiger partial charge in [0.2, 0.25) is 0 Å². The number of ether oxygens (including phenoxy) is 9. The van der Waals surface area contributed by atoms with Gasteiger partial charge in [0.15, 0.2) is 25.2 Å². The highest BCUT2D eigenvalue weighted by molar-refractivity contribution is 5.16. The lowest BCUT2D eigenvalue weighted by Crippen LogP contribution is -2.70. The molecule has 4 rings (SSSR count). The van der Waals surface area contributed by atoms with Crippen molar-refractivity contribution in [3.63, 3.8) is 0 Å². The Labute approximate surface area is 233 Å². The number of benzene rings is 1. The summed E-state index contributed by atoms with van der Waals surface area (Å²) in [4.78, 5) is 0. The summed E-state index contributed by atoms with van der Waals surface area (Å²) < 4.78 is 55.0. The van der Waals surface area contributed by atoms with Crippen LogP contribution < -0.4 is 0 Å². The Morgan fingerprint density at radius 2 is 1.74 bits per heavy atom. The minimum atomic E-state index is -0.694. The van der Waals surface area contributed by atoms with Gasteiger partial charge in [0.05, 0.1) is 37.4 Å². The van der Waals surface area contributed by atoms with E-state index in [2.05, 4.69) is 13.8 Å². The van der Waals surface area contributed by atoms with Crippen molar-refractivity contribution in [2.45, 2.75) is 116 Å². The standard InChI is InChI=1S/C30H48O9/c1-6-9-16-31-18-24(33-17-10-7-2)28(36-21(5)26-25-29(32-8-3)39-30(25)38-26)37-23-19-34-27(35-20(23)4)22-14-12-11-13-15-22/h11-15,20-21,23-30H,6-10,16-19H2,1-5H3/t20-,21+,23-,24-,25?,26+,27?,28+,29+,30?/m0/s1.